The molecule has 5 heteroatoms. The molecule has 2 fully saturated rings. The molecule has 0 amide bonds. The summed E-state index contributed by atoms with van der Waals surface area (Å²) in [6, 6.07) is 2.78. The number of fused-ring (bicyclic) bond motifs is 3. The molecule has 4 rings (SSSR count). The number of rotatable bonds is 1. The summed E-state index contributed by atoms with van der Waals surface area (Å²) in [6.45, 7) is 1.89. The van der Waals surface area contributed by atoms with E-state index in [1.165, 1.54) is 12.8 Å². The summed E-state index contributed by atoms with van der Waals surface area (Å²) in [5.74, 6) is 0.696. The van der Waals surface area contributed by atoms with Gasteiger partial charge in [0.2, 0.25) is 0 Å². The fourth-order valence-corrected chi connectivity index (χ4v) is 3.83. The van der Waals surface area contributed by atoms with Gasteiger partial charge in [-0.2, -0.15) is 0 Å². The molecule has 1 aliphatic carbocycles. The van der Waals surface area contributed by atoms with Gasteiger partial charge >= 0.3 is 0 Å². The largest absolute Gasteiger partial charge is 0.353 e. The molecule has 0 saturated carbocycles. The summed E-state index contributed by atoms with van der Waals surface area (Å²) in [7, 11) is 0. The molecular formula is C15H21FN4. The Balaban J connectivity index is 1.64. The molecule has 20 heavy (non-hydrogen) atoms. The lowest BCUT2D eigenvalue weighted by Crippen LogP contribution is -2.51. The van der Waals surface area contributed by atoms with E-state index in [-0.39, 0.29) is 11.9 Å². The highest BCUT2D eigenvalue weighted by atomic mass is 19.1. The highest BCUT2D eigenvalue weighted by Crippen LogP contribution is 2.28. The van der Waals surface area contributed by atoms with Crippen molar-refractivity contribution in [2.75, 3.05) is 18.0 Å². The van der Waals surface area contributed by atoms with Crippen LogP contribution in [-0.4, -0.2) is 36.2 Å². The molecule has 2 saturated heterocycles. The molecule has 1 aromatic rings. The second-order valence-electron chi connectivity index (χ2n) is 6.43. The van der Waals surface area contributed by atoms with Gasteiger partial charge in [-0.3, -0.25) is 0 Å². The van der Waals surface area contributed by atoms with Crippen LogP contribution in [0.15, 0.2) is 6.07 Å². The minimum Gasteiger partial charge on any atom is -0.353 e. The SMILES string of the molecule is N[C@H]1CCc2nc(N3CC4CCC(C3)N4)cc(F)c2C1. The molecule has 3 heterocycles. The molecule has 2 bridgehead atoms. The van der Waals surface area contributed by atoms with E-state index in [9.17, 15) is 4.39 Å². The third-order valence-electron chi connectivity index (χ3n) is 4.90. The molecule has 3 N–H and O–H groups in total. The van der Waals surface area contributed by atoms with Crippen LogP contribution < -0.4 is 16.0 Å². The van der Waals surface area contributed by atoms with E-state index < -0.39 is 0 Å². The Morgan fingerprint density at radius 1 is 1.25 bits per heavy atom. The number of anilines is 1. The van der Waals surface area contributed by atoms with Gasteiger partial charge in [0, 0.05) is 48.5 Å². The van der Waals surface area contributed by atoms with Crippen LogP contribution >= 0.6 is 0 Å². The summed E-state index contributed by atoms with van der Waals surface area (Å²) >= 11 is 0. The van der Waals surface area contributed by atoms with Crippen molar-refractivity contribution >= 4 is 5.82 Å². The van der Waals surface area contributed by atoms with Gasteiger partial charge in [-0.15, -0.1) is 0 Å². The first-order valence-corrected chi connectivity index (χ1v) is 7.64. The van der Waals surface area contributed by atoms with Crippen LogP contribution in [0.5, 0.6) is 0 Å². The summed E-state index contributed by atoms with van der Waals surface area (Å²) < 4.78 is 14.3. The van der Waals surface area contributed by atoms with Gasteiger partial charge in [0.15, 0.2) is 0 Å². The Hall–Kier alpha value is -1.20. The molecule has 0 radical (unpaired) electrons. The Kier molecular flexibility index (Phi) is 2.93. The predicted octanol–water partition coefficient (Wildman–Crippen LogP) is 0.977. The molecular weight excluding hydrogens is 255 g/mol. The van der Waals surface area contributed by atoms with Crippen molar-refractivity contribution in [3.05, 3.63) is 23.1 Å². The normalized spacial score (nSPS) is 32.3. The topological polar surface area (TPSA) is 54.2 Å². The average molecular weight is 276 g/mol. The third kappa shape index (κ3) is 2.09. The average Bonchev–Trinajstić information content (AvgIpc) is 2.78. The van der Waals surface area contributed by atoms with E-state index in [0.717, 1.165) is 43.0 Å². The predicted molar refractivity (Wildman–Crippen MR) is 76.4 cm³/mol. The van der Waals surface area contributed by atoms with Crippen molar-refractivity contribution < 1.29 is 4.39 Å². The first kappa shape index (κ1) is 12.5. The second kappa shape index (κ2) is 4.67. The van der Waals surface area contributed by atoms with Crippen molar-refractivity contribution in [3.8, 4) is 0 Å². The molecule has 1 aromatic heterocycles. The number of hydrogen-bond donors (Lipinski definition) is 2. The standard InChI is InChI=1S/C15H21FN4/c16-13-6-15(19-14-4-1-9(17)5-12(13)14)20-7-10-2-3-11(8-20)18-10/h6,9-11,18H,1-5,7-8,17H2/t9-,10?,11?/m0/s1. The lowest BCUT2D eigenvalue weighted by Gasteiger charge is -2.34. The summed E-state index contributed by atoms with van der Waals surface area (Å²) in [6.07, 6.45) is 4.80. The Morgan fingerprint density at radius 2 is 2.00 bits per heavy atom. The van der Waals surface area contributed by atoms with Crippen molar-refractivity contribution in [3.63, 3.8) is 0 Å². The summed E-state index contributed by atoms with van der Waals surface area (Å²) in [4.78, 5) is 6.98. The van der Waals surface area contributed by atoms with Crippen molar-refractivity contribution in [2.24, 2.45) is 5.73 Å². The molecule has 0 aromatic carbocycles. The maximum Gasteiger partial charge on any atom is 0.131 e. The third-order valence-corrected chi connectivity index (χ3v) is 4.90. The van der Waals surface area contributed by atoms with Crippen LogP contribution in [0.3, 0.4) is 0 Å². The van der Waals surface area contributed by atoms with Gasteiger partial charge in [0.05, 0.1) is 0 Å². The number of hydrogen-bond acceptors (Lipinski definition) is 4. The van der Waals surface area contributed by atoms with Crippen molar-refractivity contribution in [1.82, 2.24) is 10.3 Å². The summed E-state index contributed by atoms with van der Waals surface area (Å²) in [5.41, 5.74) is 7.60. The Labute approximate surface area is 118 Å². The zero-order chi connectivity index (χ0) is 13.7. The van der Waals surface area contributed by atoms with Gasteiger partial charge in [-0.05, 0) is 32.1 Å². The van der Waals surface area contributed by atoms with Gasteiger partial charge < -0.3 is 16.0 Å². The molecule has 2 unspecified atom stereocenters. The van der Waals surface area contributed by atoms with E-state index in [4.69, 9.17) is 10.7 Å². The number of piperazine rings is 1. The number of nitrogens with one attached hydrogen (secondary N) is 1. The van der Waals surface area contributed by atoms with Crippen LogP contribution in [0, 0.1) is 5.82 Å². The van der Waals surface area contributed by atoms with Crippen molar-refractivity contribution in [2.45, 2.75) is 50.2 Å². The van der Waals surface area contributed by atoms with Gasteiger partial charge in [0.25, 0.3) is 0 Å². The maximum atomic E-state index is 14.3. The van der Waals surface area contributed by atoms with Crippen molar-refractivity contribution in [1.29, 1.82) is 0 Å². The lowest BCUT2D eigenvalue weighted by molar-refractivity contribution is 0.460. The molecule has 108 valence electrons. The zero-order valence-corrected chi connectivity index (χ0v) is 11.6. The molecule has 3 aliphatic rings. The highest BCUT2D eigenvalue weighted by Gasteiger charge is 2.33. The lowest BCUT2D eigenvalue weighted by atomic mass is 9.92. The number of nitrogens with zero attached hydrogens (tertiary/aromatic N) is 2. The van der Waals surface area contributed by atoms with E-state index in [2.05, 4.69) is 10.2 Å². The Morgan fingerprint density at radius 3 is 2.75 bits per heavy atom. The minimum atomic E-state index is -0.119. The quantitative estimate of drug-likeness (QED) is 0.803. The number of aromatic nitrogens is 1. The fourth-order valence-electron chi connectivity index (χ4n) is 3.83. The molecule has 4 nitrogen and oxygen atoms in total. The Bertz CT molecular complexity index is 521. The zero-order valence-electron chi connectivity index (χ0n) is 11.6. The van der Waals surface area contributed by atoms with E-state index in [1.54, 1.807) is 6.07 Å². The van der Waals surface area contributed by atoms with Crippen LogP contribution in [0.4, 0.5) is 10.2 Å². The molecule has 2 aliphatic heterocycles. The van der Waals surface area contributed by atoms with E-state index in [1.807, 2.05) is 0 Å². The van der Waals surface area contributed by atoms with Crippen LogP contribution in [0.1, 0.15) is 30.5 Å². The monoisotopic (exact) mass is 276 g/mol. The fraction of sp³-hybridized carbons (Fsp3) is 0.667. The number of nitrogens with two attached hydrogens (primary N) is 1. The van der Waals surface area contributed by atoms with Crippen LogP contribution in [-0.2, 0) is 12.8 Å². The highest BCUT2D eigenvalue weighted by molar-refractivity contribution is 5.45. The first-order valence-electron chi connectivity index (χ1n) is 7.64. The summed E-state index contributed by atoms with van der Waals surface area (Å²) in [5, 5.41) is 3.59. The van der Waals surface area contributed by atoms with Crippen LogP contribution in [0.2, 0.25) is 0 Å². The number of aryl methyl sites for hydroxylation is 1. The molecule has 3 atom stereocenters. The minimum absolute atomic E-state index is 0.0830. The maximum absolute atomic E-state index is 14.3. The van der Waals surface area contributed by atoms with Crippen LogP contribution in [0.25, 0.3) is 0 Å². The van der Waals surface area contributed by atoms with Gasteiger partial charge in [0.1, 0.15) is 11.6 Å². The number of pyridine rings is 1. The van der Waals surface area contributed by atoms with Gasteiger partial charge in [-0.25, -0.2) is 9.37 Å². The smallest absolute Gasteiger partial charge is 0.131 e. The van der Waals surface area contributed by atoms with Gasteiger partial charge in [-0.1, -0.05) is 0 Å². The van der Waals surface area contributed by atoms with E-state index >= 15 is 0 Å². The first-order chi connectivity index (χ1) is 9.69. The number of halogens is 1. The van der Waals surface area contributed by atoms with E-state index in [0.29, 0.717) is 18.5 Å². The second-order valence-corrected chi connectivity index (χ2v) is 6.43. The molecule has 0 spiro atoms.